The molecule has 1 aromatic heterocycles. The Morgan fingerprint density at radius 3 is 2.38 bits per heavy atom. The van der Waals surface area contributed by atoms with Crippen molar-refractivity contribution in [2.24, 2.45) is 0 Å². The number of imidazole rings is 1. The van der Waals surface area contributed by atoms with Gasteiger partial charge in [-0.2, -0.15) is 0 Å². The molecule has 6 nitrogen and oxygen atoms in total. The predicted molar refractivity (Wildman–Crippen MR) is 136 cm³/mol. The van der Waals surface area contributed by atoms with E-state index in [1.54, 1.807) is 0 Å². The first-order chi connectivity index (χ1) is 16.7. The van der Waals surface area contributed by atoms with E-state index >= 15 is 0 Å². The molecule has 1 aliphatic rings. The lowest BCUT2D eigenvalue weighted by Crippen LogP contribution is -2.51. The van der Waals surface area contributed by atoms with Gasteiger partial charge in [-0.15, -0.1) is 0 Å². The minimum Gasteiger partial charge on any atom is -0.338 e. The molecule has 3 aromatic carbocycles. The first kappa shape index (κ1) is 22.4. The number of carbonyl (C=O) groups is 1. The molecule has 0 saturated carbocycles. The van der Waals surface area contributed by atoms with E-state index < -0.39 is 0 Å². The van der Waals surface area contributed by atoms with Gasteiger partial charge in [-0.3, -0.25) is 9.47 Å². The molecule has 2 amide bonds. The van der Waals surface area contributed by atoms with Crippen LogP contribution in [0.5, 0.6) is 0 Å². The maximum Gasteiger partial charge on any atom is 0.317 e. The fourth-order valence-corrected chi connectivity index (χ4v) is 4.70. The Labute approximate surface area is 204 Å². The average molecular weight is 474 g/mol. The number of nitrogens with zero attached hydrogens (tertiary/aromatic N) is 4. The largest absolute Gasteiger partial charge is 0.338 e. The van der Waals surface area contributed by atoms with E-state index in [4.69, 9.17) is 16.6 Å². The maximum atomic E-state index is 12.6. The highest BCUT2D eigenvalue weighted by Crippen LogP contribution is 2.23. The molecule has 0 bridgehead atoms. The molecule has 5 rings (SSSR count). The molecule has 2 heterocycles. The third-order valence-electron chi connectivity index (χ3n) is 6.30. The number of carbonyl (C=O) groups excluding carboxylic acids is 1. The van der Waals surface area contributed by atoms with E-state index in [0.29, 0.717) is 19.6 Å². The molecule has 0 unspecified atom stereocenters. The number of para-hydroxylation sites is 3. The molecule has 0 aliphatic carbocycles. The number of aromatic nitrogens is 2. The number of nitrogens with one attached hydrogen (secondary N) is 1. The van der Waals surface area contributed by atoms with Crippen LogP contribution < -0.4 is 5.32 Å². The number of halogens is 1. The molecule has 0 atom stereocenters. The normalized spacial score (nSPS) is 14.4. The van der Waals surface area contributed by atoms with Crippen molar-refractivity contribution < 1.29 is 4.79 Å². The zero-order valence-corrected chi connectivity index (χ0v) is 19.8. The molecular formula is C27H28ClN5O. The summed E-state index contributed by atoms with van der Waals surface area (Å²) in [4.78, 5) is 21.8. The van der Waals surface area contributed by atoms with Crippen LogP contribution in [0.25, 0.3) is 16.7 Å². The number of benzene rings is 3. The Bertz CT molecular complexity index is 1260. The molecule has 174 valence electrons. The smallest absolute Gasteiger partial charge is 0.317 e. The Hall–Kier alpha value is -3.35. The van der Waals surface area contributed by atoms with Crippen LogP contribution in [0.1, 0.15) is 11.4 Å². The van der Waals surface area contributed by atoms with E-state index in [0.717, 1.165) is 59.2 Å². The molecule has 0 spiro atoms. The second-order valence-corrected chi connectivity index (χ2v) is 8.93. The molecular weight excluding hydrogens is 446 g/mol. The van der Waals surface area contributed by atoms with Crippen LogP contribution in [0.3, 0.4) is 0 Å². The standard InChI is InChI=1S/C27H28ClN5O/c28-23-11-5-4-8-21(23)14-15-29-27(34)32-18-16-31(17-19-32)20-26-30-24-12-6-7-13-25(24)33(26)22-9-2-1-3-10-22/h1-13H,14-20H2,(H,29,34). The average Bonchev–Trinajstić information content (AvgIpc) is 3.24. The summed E-state index contributed by atoms with van der Waals surface area (Å²) in [5, 5.41) is 3.78. The van der Waals surface area contributed by atoms with Crippen LogP contribution in [0.15, 0.2) is 78.9 Å². The summed E-state index contributed by atoms with van der Waals surface area (Å²) < 4.78 is 2.24. The minimum absolute atomic E-state index is 0.0109. The quantitative estimate of drug-likeness (QED) is 0.439. The molecule has 1 aliphatic heterocycles. The Balaban J connectivity index is 1.19. The highest BCUT2D eigenvalue weighted by Gasteiger charge is 2.23. The zero-order chi connectivity index (χ0) is 23.3. The van der Waals surface area contributed by atoms with E-state index in [9.17, 15) is 4.79 Å². The van der Waals surface area contributed by atoms with E-state index in [-0.39, 0.29) is 6.03 Å². The van der Waals surface area contributed by atoms with Crippen LogP contribution in [0.2, 0.25) is 5.02 Å². The van der Waals surface area contributed by atoms with Gasteiger partial charge < -0.3 is 10.2 Å². The van der Waals surface area contributed by atoms with E-state index in [2.05, 4.69) is 57.2 Å². The molecule has 1 saturated heterocycles. The van der Waals surface area contributed by atoms with Crippen molar-refractivity contribution in [3.63, 3.8) is 0 Å². The highest BCUT2D eigenvalue weighted by molar-refractivity contribution is 6.31. The van der Waals surface area contributed by atoms with Gasteiger partial charge in [-0.25, -0.2) is 9.78 Å². The van der Waals surface area contributed by atoms with Crippen LogP contribution in [-0.2, 0) is 13.0 Å². The van der Waals surface area contributed by atoms with Gasteiger partial charge in [0.1, 0.15) is 5.82 Å². The first-order valence-corrected chi connectivity index (χ1v) is 12.1. The van der Waals surface area contributed by atoms with Crippen molar-refractivity contribution in [3.8, 4) is 5.69 Å². The predicted octanol–water partition coefficient (Wildman–Crippen LogP) is 4.75. The summed E-state index contributed by atoms with van der Waals surface area (Å²) in [6, 6.07) is 26.4. The SMILES string of the molecule is O=C(NCCc1ccccc1Cl)N1CCN(Cc2nc3ccccc3n2-c2ccccc2)CC1. The molecule has 34 heavy (non-hydrogen) atoms. The van der Waals surface area contributed by atoms with Gasteiger partial charge in [0, 0.05) is 43.4 Å². The van der Waals surface area contributed by atoms with Gasteiger partial charge >= 0.3 is 6.03 Å². The van der Waals surface area contributed by atoms with Crippen molar-refractivity contribution in [2.75, 3.05) is 32.7 Å². The molecule has 4 aromatic rings. The zero-order valence-electron chi connectivity index (χ0n) is 19.0. The Kier molecular flexibility index (Phi) is 6.79. The lowest BCUT2D eigenvalue weighted by Gasteiger charge is -2.34. The van der Waals surface area contributed by atoms with Gasteiger partial charge in [0.05, 0.1) is 17.6 Å². The second kappa shape index (κ2) is 10.3. The number of fused-ring (bicyclic) bond motifs is 1. The number of piperazine rings is 1. The van der Waals surface area contributed by atoms with Crippen molar-refractivity contribution in [1.82, 2.24) is 24.7 Å². The number of hydrogen-bond donors (Lipinski definition) is 1. The molecule has 1 fully saturated rings. The van der Waals surface area contributed by atoms with Gasteiger partial charge in [-0.1, -0.05) is 60.1 Å². The molecule has 7 heteroatoms. The summed E-state index contributed by atoms with van der Waals surface area (Å²) >= 11 is 6.21. The van der Waals surface area contributed by atoms with Crippen molar-refractivity contribution in [2.45, 2.75) is 13.0 Å². The van der Waals surface area contributed by atoms with E-state index in [1.807, 2.05) is 41.3 Å². The van der Waals surface area contributed by atoms with Gasteiger partial charge in [-0.05, 0) is 42.3 Å². The van der Waals surface area contributed by atoms with Crippen LogP contribution in [0.4, 0.5) is 4.79 Å². The lowest BCUT2D eigenvalue weighted by atomic mass is 10.1. The third-order valence-corrected chi connectivity index (χ3v) is 6.67. The fourth-order valence-electron chi connectivity index (χ4n) is 4.47. The monoisotopic (exact) mass is 473 g/mol. The first-order valence-electron chi connectivity index (χ1n) is 11.7. The van der Waals surface area contributed by atoms with Gasteiger partial charge in [0.2, 0.25) is 0 Å². The van der Waals surface area contributed by atoms with Gasteiger partial charge in [0.25, 0.3) is 0 Å². The Morgan fingerprint density at radius 1 is 0.882 bits per heavy atom. The lowest BCUT2D eigenvalue weighted by molar-refractivity contribution is 0.133. The highest BCUT2D eigenvalue weighted by atomic mass is 35.5. The van der Waals surface area contributed by atoms with Crippen molar-refractivity contribution in [3.05, 3.63) is 95.3 Å². The van der Waals surface area contributed by atoms with Crippen LogP contribution in [-0.4, -0.2) is 58.1 Å². The minimum atomic E-state index is -0.0109. The number of urea groups is 1. The number of hydrogen-bond acceptors (Lipinski definition) is 3. The second-order valence-electron chi connectivity index (χ2n) is 8.52. The maximum absolute atomic E-state index is 12.6. The summed E-state index contributed by atoms with van der Waals surface area (Å²) in [7, 11) is 0. The summed E-state index contributed by atoms with van der Waals surface area (Å²) in [6.07, 6.45) is 0.723. The van der Waals surface area contributed by atoms with Crippen LogP contribution in [0, 0.1) is 0 Å². The summed E-state index contributed by atoms with van der Waals surface area (Å²) in [5.41, 5.74) is 4.27. The topological polar surface area (TPSA) is 53.4 Å². The Morgan fingerprint density at radius 2 is 1.59 bits per heavy atom. The van der Waals surface area contributed by atoms with Crippen molar-refractivity contribution in [1.29, 1.82) is 0 Å². The van der Waals surface area contributed by atoms with E-state index in [1.165, 1.54) is 0 Å². The fraction of sp³-hybridized carbons (Fsp3) is 0.259. The third kappa shape index (κ3) is 4.93. The summed E-state index contributed by atoms with van der Waals surface area (Å²) in [6.45, 7) is 4.34. The molecule has 0 radical (unpaired) electrons. The van der Waals surface area contributed by atoms with Crippen molar-refractivity contribution >= 4 is 28.7 Å². The molecule has 1 N–H and O–H groups in total. The van der Waals surface area contributed by atoms with Gasteiger partial charge in [0.15, 0.2) is 0 Å². The number of rotatable bonds is 6. The number of amides is 2. The summed E-state index contributed by atoms with van der Waals surface area (Å²) in [5.74, 6) is 1.02. The van der Waals surface area contributed by atoms with Crippen LogP contribution >= 0.6 is 11.6 Å².